The van der Waals surface area contributed by atoms with Crippen molar-refractivity contribution in [1.29, 1.82) is 0 Å². The molecule has 0 bridgehead atoms. The maximum absolute atomic E-state index is 13.2. The topological polar surface area (TPSA) is 49.5 Å². The molecule has 2 aromatic heterocycles. The minimum Gasteiger partial charge on any atom is -1.00 e. The molecule has 2 heterocycles. The highest BCUT2D eigenvalue weighted by Crippen LogP contribution is 2.17. The number of hydrogen-bond acceptors (Lipinski definition) is 3. The number of ether oxygens (including phenoxy) is 2. The average molecular weight is 384 g/mol. The number of fused-ring (bicyclic) bond motifs is 1. The van der Waals surface area contributed by atoms with Crippen molar-refractivity contribution < 1.29 is 26.4 Å². The molecule has 0 aliphatic heterocycles. The van der Waals surface area contributed by atoms with Crippen LogP contribution in [0, 0.1) is 0 Å². The van der Waals surface area contributed by atoms with Crippen LogP contribution in [0.4, 0.5) is 0 Å². The lowest BCUT2D eigenvalue weighted by molar-refractivity contribution is -0.600. The van der Waals surface area contributed by atoms with Crippen LogP contribution >= 0.6 is 0 Å². The molecule has 4 rings (SSSR count). The van der Waals surface area contributed by atoms with E-state index in [-0.39, 0.29) is 18.1 Å². The lowest BCUT2D eigenvalue weighted by atomic mass is 10.3. The summed E-state index contributed by atoms with van der Waals surface area (Å²) in [6.07, 6.45) is 1.86. The van der Waals surface area contributed by atoms with Crippen LogP contribution in [0.15, 0.2) is 77.7 Å². The third-order valence-electron chi connectivity index (χ3n) is 4.28. The maximum Gasteiger partial charge on any atom is 0.457 e. The molecule has 0 saturated carbocycles. The number of methoxy groups -OCH3 is 2. The number of rotatable bonds is 4. The molecule has 0 amide bonds. The molecule has 0 aliphatic rings. The van der Waals surface area contributed by atoms with Gasteiger partial charge in [0.1, 0.15) is 23.4 Å². The van der Waals surface area contributed by atoms with Crippen molar-refractivity contribution in [3.63, 3.8) is 0 Å². The molecule has 0 radical (unpaired) electrons. The van der Waals surface area contributed by atoms with E-state index in [1.807, 2.05) is 77.4 Å². The van der Waals surface area contributed by atoms with E-state index in [4.69, 9.17) is 9.47 Å². The minimum atomic E-state index is -0.161. The normalized spacial score (nSPS) is 10.4. The van der Waals surface area contributed by atoms with Crippen molar-refractivity contribution in [2.24, 2.45) is 0 Å². The van der Waals surface area contributed by atoms with Crippen molar-refractivity contribution in [1.82, 2.24) is 9.25 Å². The quantitative estimate of drug-likeness (QED) is 0.442. The highest BCUT2D eigenvalue weighted by atomic mass is 35.5. The third-order valence-corrected chi connectivity index (χ3v) is 4.28. The van der Waals surface area contributed by atoms with Gasteiger partial charge in [-0.15, -0.1) is 13.8 Å². The molecule has 0 spiro atoms. The van der Waals surface area contributed by atoms with Gasteiger partial charge in [0, 0.05) is 6.07 Å². The SMILES string of the molecule is COc1ccc(-n2c(=O)n(-c3ccc(OC)cc3)[n+]3ccccc23)cc1.[Cl-]. The van der Waals surface area contributed by atoms with Gasteiger partial charge in [0.25, 0.3) is 0 Å². The van der Waals surface area contributed by atoms with E-state index in [1.54, 1.807) is 23.5 Å². The van der Waals surface area contributed by atoms with Gasteiger partial charge in [-0.25, -0.2) is 4.79 Å². The highest BCUT2D eigenvalue weighted by Gasteiger charge is 2.23. The molecule has 0 N–H and O–H groups in total. The second-order valence-corrected chi connectivity index (χ2v) is 5.73. The van der Waals surface area contributed by atoms with Gasteiger partial charge in [0.2, 0.25) is 0 Å². The molecule has 138 valence electrons. The van der Waals surface area contributed by atoms with Gasteiger partial charge in [0.15, 0.2) is 0 Å². The first-order chi connectivity index (χ1) is 12.7. The summed E-state index contributed by atoms with van der Waals surface area (Å²) in [5.74, 6) is 1.49. The van der Waals surface area contributed by atoms with Crippen LogP contribution in [0.2, 0.25) is 0 Å². The Morgan fingerprint density at radius 1 is 0.778 bits per heavy atom. The summed E-state index contributed by atoms with van der Waals surface area (Å²) in [6.45, 7) is 0. The summed E-state index contributed by atoms with van der Waals surface area (Å²) in [5, 5.41) is 0. The van der Waals surface area contributed by atoms with Gasteiger partial charge in [-0.3, -0.25) is 0 Å². The van der Waals surface area contributed by atoms with Crippen LogP contribution in [0.5, 0.6) is 11.5 Å². The zero-order chi connectivity index (χ0) is 18.1. The van der Waals surface area contributed by atoms with Gasteiger partial charge >= 0.3 is 11.3 Å². The average Bonchev–Trinajstić information content (AvgIpc) is 3.00. The van der Waals surface area contributed by atoms with Crippen LogP contribution in [-0.4, -0.2) is 23.5 Å². The lowest BCUT2D eigenvalue weighted by Crippen LogP contribution is -3.00. The Morgan fingerprint density at radius 2 is 1.33 bits per heavy atom. The summed E-state index contributed by atoms with van der Waals surface area (Å²) in [4.78, 5) is 13.2. The van der Waals surface area contributed by atoms with Crippen molar-refractivity contribution in [3.05, 3.63) is 83.4 Å². The third kappa shape index (κ3) is 3.15. The molecule has 0 saturated heterocycles. The molecule has 2 aromatic carbocycles. The standard InChI is InChI=1S/C20H18N3O3.ClH/c1-25-17-10-6-15(7-11-17)22-19-5-3-4-14-21(19)23(20(22)24)16-8-12-18(26-2)13-9-16;/h3-14H,1-2H3;1H/q+1;/p-1. The summed E-state index contributed by atoms with van der Waals surface area (Å²) in [6, 6.07) is 20.5. The second-order valence-electron chi connectivity index (χ2n) is 5.73. The fraction of sp³-hybridized carbons (Fsp3) is 0.100. The number of aromatic nitrogens is 3. The van der Waals surface area contributed by atoms with E-state index in [1.165, 1.54) is 0 Å². The van der Waals surface area contributed by atoms with Crippen molar-refractivity contribution in [3.8, 4) is 22.9 Å². The van der Waals surface area contributed by atoms with Crippen molar-refractivity contribution >= 4 is 5.65 Å². The first-order valence-electron chi connectivity index (χ1n) is 8.16. The Kier molecular flexibility index (Phi) is 5.19. The van der Waals surface area contributed by atoms with Crippen LogP contribution in [-0.2, 0) is 0 Å². The first-order valence-corrected chi connectivity index (χ1v) is 8.16. The lowest BCUT2D eigenvalue weighted by Gasteiger charge is -2.01. The summed E-state index contributed by atoms with van der Waals surface area (Å²) < 4.78 is 15.5. The Labute approximate surface area is 162 Å². The number of nitrogens with zero attached hydrogens (tertiary/aromatic N) is 3. The van der Waals surface area contributed by atoms with Crippen LogP contribution < -0.4 is 32.1 Å². The van der Waals surface area contributed by atoms with Crippen LogP contribution in [0.1, 0.15) is 0 Å². The maximum atomic E-state index is 13.2. The Hall–Kier alpha value is -3.25. The molecule has 0 unspecified atom stereocenters. The minimum absolute atomic E-state index is 0. The van der Waals surface area contributed by atoms with Gasteiger partial charge in [0.05, 0.1) is 19.9 Å². The van der Waals surface area contributed by atoms with Gasteiger partial charge in [-0.2, -0.15) is 0 Å². The molecule has 27 heavy (non-hydrogen) atoms. The Balaban J connectivity index is 0.00000210. The van der Waals surface area contributed by atoms with E-state index in [9.17, 15) is 4.79 Å². The number of halogens is 1. The molecule has 0 atom stereocenters. The number of benzene rings is 2. The number of pyridine rings is 1. The van der Waals surface area contributed by atoms with E-state index in [2.05, 4.69) is 0 Å². The molecule has 0 aliphatic carbocycles. The second kappa shape index (κ2) is 7.55. The predicted octanol–water partition coefficient (Wildman–Crippen LogP) is -0.612. The smallest absolute Gasteiger partial charge is 0.457 e. The predicted molar refractivity (Wildman–Crippen MR) is 97.6 cm³/mol. The molecule has 6 nitrogen and oxygen atoms in total. The van der Waals surface area contributed by atoms with E-state index >= 15 is 0 Å². The van der Waals surface area contributed by atoms with E-state index in [0.29, 0.717) is 0 Å². The van der Waals surface area contributed by atoms with E-state index in [0.717, 1.165) is 28.5 Å². The van der Waals surface area contributed by atoms with Crippen LogP contribution in [0.25, 0.3) is 17.0 Å². The summed E-state index contributed by atoms with van der Waals surface area (Å²) in [5.41, 5.74) is 2.13. The van der Waals surface area contributed by atoms with Crippen molar-refractivity contribution in [2.45, 2.75) is 0 Å². The molecule has 0 fully saturated rings. The van der Waals surface area contributed by atoms with Gasteiger partial charge in [-0.05, 0) is 54.6 Å². The fourth-order valence-corrected chi connectivity index (χ4v) is 2.99. The summed E-state index contributed by atoms with van der Waals surface area (Å²) >= 11 is 0. The zero-order valence-corrected chi connectivity index (χ0v) is 15.6. The Morgan fingerprint density at radius 3 is 1.89 bits per heavy atom. The molecule has 4 aromatic rings. The van der Waals surface area contributed by atoms with Crippen LogP contribution in [0.3, 0.4) is 0 Å². The van der Waals surface area contributed by atoms with E-state index < -0.39 is 0 Å². The molecular weight excluding hydrogens is 366 g/mol. The van der Waals surface area contributed by atoms with Crippen molar-refractivity contribution in [2.75, 3.05) is 14.2 Å². The highest BCUT2D eigenvalue weighted by molar-refractivity contribution is 5.46. The Bertz CT molecular complexity index is 1030. The van der Waals surface area contributed by atoms with Gasteiger partial charge < -0.3 is 21.9 Å². The largest absolute Gasteiger partial charge is 1.00 e. The van der Waals surface area contributed by atoms with Gasteiger partial charge in [-0.1, -0.05) is 6.07 Å². The first kappa shape index (κ1) is 18.5. The summed E-state index contributed by atoms with van der Waals surface area (Å²) in [7, 11) is 3.23. The fourth-order valence-electron chi connectivity index (χ4n) is 2.99. The monoisotopic (exact) mass is 383 g/mol. The molecular formula is C20H18ClN3O3. The zero-order valence-electron chi connectivity index (χ0n) is 14.9. The molecule has 7 heteroatoms. The number of hydrogen-bond donors (Lipinski definition) is 0.